The Kier molecular flexibility index (Phi) is 5.22. The largest absolute Gasteiger partial charge is 0.491 e. The van der Waals surface area contributed by atoms with E-state index < -0.39 is 9.84 Å². The molecule has 0 N–H and O–H groups in total. The van der Waals surface area contributed by atoms with Crippen LogP contribution in [0.2, 0.25) is 5.02 Å². The van der Waals surface area contributed by atoms with Gasteiger partial charge in [0, 0.05) is 23.5 Å². The molecule has 2 aromatic rings. The quantitative estimate of drug-likeness (QED) is 0.763. The summed E-state index contributed by atoms with van der Waals surface area (Å²) in [6.07, 6.45) is 0. The van der Waals surface area contributed by atoms with E-state index in [1.807, 2.05) is 18.2 Å². The fraction of sp³-hybridized carbons (Fsp3) is 0.400. The standard InChI is InChI=1S/C20H24ClNO3S/c1-4-22-13-20(2,3)14-25-19-11-15(5-10-18(19)22)12-26(23,24)17-8-6-16(21)7-9-17/h5-11H,4,12-14H2,1-3H3. The molecule has 0 fully saturated rings. The molecule has 2 aromatic carbocycles. The molecule has 0 radical (unpaired) electrons. The van der Waals surface area contributed by atoms with Crippen molar-refractivity contribution in [1.29, 1.82) is 0 Å². The fourth-order valence-electron chi connectivity index (χ4n) is 3.17. The normalized spacial score (nSPS) is 16.5. The van der Waals surface area contributed by atoms with Crippen LogP contribution in [0.5, 0.6) is 5.75 Å². The van der Waals surface area contributed by atoms with Crippen LogP contribution in [0.25, 0.3) is 0 Å². The smallest absolute Gasteiger partial charge is 0.182 e. The number of sulfone groups is 1. The Balaban J connectivity index is 1.89. The van der Waals surface area contributed by atoms with Crippen molar-refractivity contribution >= 4 is 27.1 Å². The molecule has 0 spiro atoms. The molecule has 0 aromatic heterocycles. The van der Waals surface area contributed by atoms with Crippen LogP contribution in [0.15, 0.2) is 47.4 Å². The maximum atomic E-state index is 12.7. The number of fused-ring (bicyclic) bond motifs is 1. The second kappa shape index (κ2) is 7.12. The Hall–Kier alpha value is -1.72. The summed E-state index contributed by atoms with van der Waals surface area (Å²) in [7, 11) is -3.44. The maximum absolute atomic E-state index is 12.7. The first-order valence-electron chi connectivity index (χ1n) is 8.69. The predicted molar refractivity (Wildman–Crippen MR) is 106 cm³/mol. The molecule has 26 heavy (non-hydrogen) atoms. The van der Waals surface area contributed by atoms with Crippen LogP contribution in [-0.4, -0.2) is 28.1 Å². The fourth-order valence-corrected chi connectivity index (χ4v) is 4.63. The number of halogens is 1. The van der Waals surface area contributed by atoms with Gasteiger partial charge in [0.05, 0.1) is 22.9 Å². The van der Waals surface area contributed by atoms with E-state index in [9.17, 15) is 8.42 Å². The zero-order valence-electron chi connectivity index (χ0n) is 15.3. The predicted octanol–water partition coefficient (Wildman–Crippen LogP) is 4.56. The summed E-state index contributed by atoms with van der Waals surface area (Å²) >= 11 is 5.85. The van der Waals surface area contributed by atoms with Crippen LogP contribution in [0, 0.1) is 5.41 Å². The minimum Gasteiger partial charge on any atom is -0.491 e. The number of hydrogen-bond donors (Lipinski definition) is 0. The lowest BCUT2D eigenvalue weighted by atomic mass is 9.94. The number of rotatable bonds is 4. The SMILES string of the molecule is CCN1CC(C)(C)COc2cc(CS(=O)(=O)c3ccc(Cl)cc3)ccc21. The van der Waals surface area contributed by atoms with Gasteiger partial charge in [0.15, 0.2) is 9.84 Å². The molecule has 1 aliphatic heterocycles. The molecule has 4 nitrogen and oxygen atoms in total. The van der Waals surface area contributed by atoms with Crippen molar-refractivity contribution in [3.8, 4) is 5.75 Å². The van der Waals surface area contributed by atoms with E-state index in [1.165, 1.54) is 0 Å². The van der Waals surface area contributed by atoms with E-state index in [4.69, 9.17) is 16.3 Å². The van der Waals surface area contributed by atoms with Crippen LogP contribution in [0.3, 0.4) is 0 Å². The van der Waals surface area contributed by atoms with Crippen LogP contribution in [0.4, 0.5) is 5.69 Å². The zero-order chi connectivity index (χ0) is 18.9. The highest BCUT2D eigenvalue weighted by atomic mass is 35.5. The van der Waals surface area contributed by atoms with Crippen molar-refractivity contribution in [2.75, 3.05) is 24.6 Å². The molecule has 6 heteroatoms. The highest BCUT2D eigenvalue weighted by molar-refractivity contribution is 7.90. The lowest BCUT2D eigenvalue weighted by molar-refractivity contribution is 0.195. The second-order valence-electron chi connectivity index (χ2n) is 7.48. The lowest BCUT2D eigenvalue weighted by Gasteiger charge is -2.29. The van der Waals surface area contributed by atoms with Gasteiger partial charge >= 0.3 is 0 Å². The third-order valence-corrected chi connectivity index (χ3v) is 6.47. The van der Waals surface area contributed by atoms with E-state index >= 15 is 0 Å². The maximum Gasteiger partial charge on any atom is 0.182 e. The summed E-state index contributed by atoms with van der Waals surface area (Å²) in [5.74, 6) is 0.682. The molecule has 3 rings (SSSR count). The molecule has 1 heterocycles. The minimum atomic E-state index is -3.44. The van der Waals surface area contributed by atoms with Gasteiger partial charge in [-0.1, -0.05) is 31.5 Å². The number of anilines is 1. The Labute approximate surface area is 160 Å². The van der Waals surface area contributed by atoms with E-state index in [2.05, 4.69) is 25.7 Å². The summed E-state index contributed by atoms with van der Waals surface area (Å²) in [5.41, 5.74) is 1.77. The summed E-state index contributed by atoms with van der Waals surface area (Å²) in [5, 5.41) is 0.518. The first kappa shape index (κ1) is 19.1. The Morgan fingerprint density at radius 1 is 1.15 bits per heavy atom. The van der Waals surface area contributed by atoms with Crippen LogP contribution in [0.1, 0.15) is 26.3 Å². The van der Waals surface area contributed by atoms with Crippen molar-refractivity contribution in [2.45, 2.75) is 31.4 Å². The van der Waals surface area contributed by atoms with Gasteiger partial charge in [0.25, 0.3) is 0 Å². The van der Waals surface area contributed by atoms with Gasteiger partial charge in [-0.25, -0.2) is 8.42 Å². The minimum absolute atomic E-state index is 0.0323. The molecule has 0 saturated heterocycles. The molecule has 0 aliphatic carbocycles. The number of hydrogen-bond acceptors (Lipinski definition) is 4. The van der Waals surface area contributed by atoms with E-state index in [0.29, 0.717) is 11.6 Å². The van der Waals surface area contributed by atoms with Crippen molar-refractivity contribution in [1.82, 2.24) is 0 Å². The first-order chi connectivity index (χ1) is 12.2. The first-order valence-corrected chi connectivity index (χ1v) is 10.7. The molecular formula is C20H24ClNO3S. The lowest BCUT2D eigenvalue weighted by Crippen LogP contribution is -2.35. The third kappa shape index (κ3) is 4.15. The van der Waals surface area contributed by atoms with Gasteiger partial charge in [-0.05, 0) is 48.9 Å². The summed E-state index contributed by atoms with van der Waals surface area (Å²) in [6.45, 7) is 8.84. The average Bonchev–Trinajstić information content (AvgIpc) is 2.71. The van der Waals surface area contributed by atoms with Crippen molar-refractivity contribution in [2.24, 2.45) is 5.41 Å². The Morgan fingerprint density at radius 2 is 1.85 bits per heavy atom. The van der Waals surface area contributed by atoms with Crippen LogP contribution >= 0.6 is 11.6 Å². The summed E-state index contributed by atoms with van der Waals surface area (Å²) in [4.78, 5) is 2.55. The number of benzene rings is 2. The average molecular weight is 394 g/mol. The molecule has 0 saturated carbocycles. The Morgan fingerprint density at radius 3 is 2.50 bits per heavy atom. The van der Waals surface area contributed by atoms with E-state index in [1.54, 1.807) is 24.3 Å². The Bertz CT molecular complexity index is 892. The van der Waals surface area contributed by atoms with E-state index in [-0.39, 0.29) is 16.1 Å². The molecule has 1 aliphatic rings. The topological polar surface area (TPSA) is 46.6 Å². The number of ether oxygens (including phenoxy) is 1. The van der Waals surface area contributed by atoms with Crippen molar-refractivity contribution in [3.63, 3.8) is 0 Å². The van der Waals surface area contributed by atoms with Crippen molar-refractivity contribution in [3.05, 3.63) is 53.1 Å². The molecule has 0 amide bonds. The third-order valence-electron chi connectivity index (χ3n) is 4.51. The van der Waals surface area contributed by atoms with Gasteiger partial charge in [-0.3, -0.25) is 0 Å². The van der Waals surface area contributed by atoms with Gasteiger partial charge in [-0.15, -0.1) is 0 Å². The van der Waals surface area contributed by atoms with Crippen LogP contribution < -0.4 is 9.64 Å². The van der Waals surface area contributed by atoms with Gasteiger partial charge in [0.2, 0.25) is 0 Å². The molecule has 140 valence electrons. The van der Waals surface area contributed by atoms with Crippen LogP contribution in [-0.2, 0) is 15.6 Å². The summed E-state index contributed by atoms with van der Waals surface area (Å²) in [6, 6.07) is 12.0. The highest BCUT2D eigenvalue weighted by Crippen LogP contribution is 2.36. The molecular weight excluding hydrogens is 370 g/mol. The number of nitrogens with zero attached hydrogens (tertiary/aromatic N) is 1. The zero-order valence-corrected chi connectivity index (χ0v) is 16.9. The monoisotopic (exact) mass is 393 g/mol. The second-order valence-corrected chi connectivity index (χ2v) is 9.91. The highest BCUT2D eigenvalue weighted by Gasteiger charge is 2.28. The molecule has 0 atom stereocenters. The van der Waals surface area contributed by atoms with Gasteiger partial charge < -0.3 is 9.64 Å². The van der Waals surface area contributed by atoms with Gasteiger partial charge in [0.1, 0.15) is 5.75 Å². The summed E-state index contributed by atoms with van der Waals surface area (Å²) < 4.78 is 31.4. The van der Waals surface area contributed by atoms with E-state index in [0.717, 1.165) is 30.1 Å². The van der Waals surface area contributed by atoms with Gasteiger partial charge in [-0.2, -0.15) is 0 Å². The molecule has 0 unspecified atom stereocenters. The van der Waals surface area contributed by atoms with Crippen molar-refractivity contribution < 1.29 is 13.2 Å². The molecule has 0 bridgehead atoms.